The Balaban J connectivity index is 1.83. The standard InChI is InChI=1S/C16H20Cl2O/c17-14-8-6-13(16(18)11-14)7-10-15(19)9-5-12-3-1-2-4-12/h6-8,10-12,15,19H,1-5,9H2/b10-7+. The highest BCUT2D eigenvalue weighted by Gasteiger charge is 2.15. The molecule has 1 aliphatic carbocycles. The lowest BCUT2D eigenvalue weighted by Gasteiger charge is -2.10. The van der Waals surface area contributed by atoms with Crippen molar-refractivity contribution in [1.82, 2.24) is 0 Å². The SMILES string of the molecule is OC(/C=C/c1ccc(Cl)cc1Cl)CCC1CCCC1. The Hall–Kier alpha value is -0.500. The zero-order chi connectivity index (χ0) is 13.7. The number of benzene rings is 1. The molecule has 1 aromatic carbocycles. The van der Waals surface area contributed by atoms with Gasteiger partial charge in [-0.25, -0.2) is 0 Å². The second-order valence-corrected chi connectivity index (χ2v) is 6.16. The first-order valence-corrected chi connectivity index (χ1v) is 7.72. The highest BCUT2D eigenvalue weighted by molar-refractivity contribution is 6.35. The summed E-state index contributed by atoms with van der Waals surface area (Å²) in [5.74, 6) is 0.821. The fourth-order valence-electron chi connectivity index (χ4n) is 2.65. The van der Waals surface area contributed by atoms with Crippen molar-refractivity contribution >= 4 is 29.3 Å². The molecule has 1 aromatic rings. The minimum atomic E-state index is -0.382. The van der Waals surface area contributed by atoms with Gasteiger partial charge in [0.2, 0.25) is 0 Å². The number of aliphatic hydroxyl groups is 1. The average molecular weight is 299 g/mol. The molecule has 1 nitrogen and oxygen atoms in total. The minimum Gasteiger partial charge on any atom is -0.389 e. The summed E-state index contributed by atoms with van der Waals surface area (Å²) >= 11 is 11.9. The van der Waals surface area contributed by atoms with Crippen LogP contribution in [0.1, 0.15) is 44.1 Å². The average Bonchev–Trinajstić information content (AvgIpc) is 2.88. The van der Waals surface area contributed by atoms with Crippen molar-refractivity contribution in [2.45, 2.75) is 44.6 Å². The Morgan fingerprint density at radius 1 is 1.26 bits per heavy atom. The number of hydrogen-bond acceptors (Lipinski definition) is 1. The summed E-state index contributed by atoms with van der Waals surface area (Å²) in [6, 6.07) is 5.39. The van der Waals surface area contributed by atoms with Gasteiger partial charge >= 0.3 is 0 Å². The molecule has 0 bridgehead atoms. The molecule has 1 saturated carbocycles. The topological polar surface area (TPSA) is 20.2 Å². The number of aliphatic hydroxyl groups excluding tert-OH is 1. The molecule has 1 atom stereocenters. The van der Waals surface area contributed by atoms with Gasteiger partial charge in [0.05, 0.1) is 6.10 Å². The zero-order valence-electron chi connectivity index (χ0n) is 11.0. The fourth-order valence-corrected chi connectivity index (χ4v) is 3.12. The fraction of sp³-hybridized carbons (Fsp3) is 0.500. The van der Waals surface area contributed by atoms with Gasteiger partial charge in [0, 0.05) is 10.0 Å². The smallest absolute Gasteiger partial charge is 0.0724 e. The quantitative estimate of drug-likeness (QED) is 0.778. The molecule has 0 saturated heterocycles. The predicted molar refractivity (Wildman–Crippen MR) is 82.7 cm³/mol. The molecule has 0 radical (unpaired) electrons. The van der Waals surface area contributed by atoms with Crippen LogP contribution in [0, 0.1) is 5.92 Å². The lowest BCUT2D eigenvalue weighted by molar-refractivity contribution is 0.201. The van der Waals surface area contributed by atoms with Crippen molar-refractivity contribution < 1.29 is 5.11 Å². The van der Waals surface area contributed by atoms with Gasteiger partial charge in [-0.05, 0) is 36.5 Å². The first-order valence-electron chi connectivity index (χ1n) is 6.96. The van der Waals surface area contributed by atoms with Crippen LogP contribution in [0.2, 0.25) is 10.0 Å². The lowest BCUT2D eigenvalue weighted by atomic mass is 9.99. The van der Waals surface area contributed by atoms with Crippen LogP contribution < -0.4 is 0 Å². The van der Waals surface area contributed by atoms with Crippen molar-refractivity contribution in [3.05, 3.63) is 39.9 Å². The van der Waals surface area contributed by atoms with Crippen LogP contribution in [-0.2, 0) is 0 Å². The molecule has 1 aliphatic rings. The molecule has 3 heteroatoms. The molecule has 1 fully saturated rings. The molecule has 0 heterocycles. The van der Waals surface area contributed by atoms with Crippen LogP contribution in [-0.4, -0.2) is 11.2 Å². The summed E-state index contributed by atoms with van der Waals surface area (Å²) < 4.78 is 0. The van der Waals surface area contributed by atoms with E-state index in [4.69, 9.17) is 23.2 Å². The Morgan fingerprint density at radius 2 is 2.00 bits per heavy atom. The molecule has 2 rings (SSSR count). The van der Waals surface area contributed by atoms with E-state index in [1.807, 2.05) is 18.2 Å². The summed E-state index contributed by atoms with van der Waals surface area (Å²) in [5, 5.41) is 11.2. The van der Waals surface area contributed by atoms with Gasteiger partial charge in [-0.2, -0.15) is 0 Å². The van der Waals surface area contributed by atoms with E-state index in [0.29, 0.717) is 10.0 Å². The molecule has 0 spiro atoms. The molecule has 0 aliphatic heterocycles. The van der Waals surface area contributed by atoms with Crippen LogP contribution in [0.4, 0.5) is 0 Å². The highest BCUT2D eigenvalue weighted by atomic mass is 35.5. The largest absolute Gasteiger partial charge is 0.389 e. The molecular formula is C16H20Cl2O. The van der Waals surface area contributed by atoms with E-state index in [0.717, 1.165) is 24.3 Å². The van der Waals surface area contributed by atoms with Gasteiger partial charge in [-0.15, -0.1) is 0 Å². The molecule has 1 unspecified atom stereocenters. The van der Waals surface area contributed by atoms with Crippen LogP contribution in [0.25, 0.3) is 6.08 Å². The van der Waals surface area contributed by atoms with Crippen molar-refractivity contribution in [1.29, 1.82) is 0 Å². The third kappa shape index (κ3) is 4.83. The Morgan fingerprint density at radius 3 is 2.68 bits per heavy atom. The van der Waals surface area contributed by atoms with Gasteiger partial charge in [-0.1, -0.05) is 67.1 Å². The zero-order valence-corrected chi connectivity index (χ0v) is 12.5. The summed E-state index contributed by atoms with van der Waals surface area (Å²) in [6.07, 6.45) is 10.7. The maximum absolute atomic E-state index is 9.96. The maximum atomic E-state index is 9.96. The number of hydrogen-bond donors (Lipinski definition) is 1. The summed E-state index contributed by atoms with van der Waals surface area (Å²) in [4.78, 5) is 0. The lowest BCUT2D eigenvalue weighted by Crippen LogP contribution is -2.05. The van der Waals surface area contributed by atoms with E-state index in [1.165, 1.54) is 25.7 Å². The van der Waals surface area contributed by atoms with E-state index in [9.17, 15) is 5.11 Å². The van der Waals surface area contributed by atoms with Gasteiger partial charge in [0.15, 0.2) is 0 Å². The van der Waals surface area contributed by atoms with Gasteiger partial charge in [-0.3, -0.25) is 0 Å². The maximum Gasteiger partial charge on any atom is 0.0724 e. The van der Waals surface area contributed by atoms with Gasteiger partial charge in [0.25, 0.3) is 0 Å². The molecule has 1 N–H and O–H groups in total. The normalized spacial score (nSPS) is 18.3. The van der Waals surface area contributed by atoms with Crippen molar-refractivity contribution in [2.24, 2.45) is 5.92 Å². The number of halogens is 2. The third-order valence-electron chi connectivity index (χ3n) is 3.81. The highest BCUT2D eigenvalue weighted by Crippen LogP contribution is 2.29. The van der Waals surface area contributed by atoms with Crippen molar-refractivity contribution in [3.8, 4) is 0 Å². The van der Waals surface area contributed by atoms with E-state index in [-0.39, 0.29) is 6.10 Å². The van der Waals surface area contributed by atoms with E-state index >= 15 is 0 Å². The van der Waals surface area contributed by atoms with Gasteiger partial charge < -0.3 is 5.11 Å². The van der Waals surface area contributed by atoms with Crippen LogP contribution in [0.5, 0.6) is 0 Å². The number of rotatable bonds is 5. The van der Waals surface area contributed by atoms with E-state index in [1.54, 1.807) is 12.1 Å². The van der Waals surface area contributed by atoms with Gasteiger partial charge in [0.1, 0.15) is 0 Å². The van der Waals surface area contributed by atoms with Crippen LogP contribution in [0.3, 0.4) is 0 Å². The minimum absolute atomic E-state index is 0.382. The van der Waals surface area contributed by atoms with Crippen LogP contribution in [0.15, 0.2) is 24.3 Å². The Labute approximate surface area is 125 Å². The third-order valence-corrected chi connectivity index (χ3v) is 4.37. The predicted octanol–water partition coefficient (Wildman–Crippen LogP) is 5.34. The Bertz CT molecular complexity index is 436. The second kappa shape index (κ2) is 7.33. The summed E-state index contributed by atoms with van der Waals surface area (Å²) in [7, 11) is 0. The van der Waals surface area contributed by atoms with Crippen molar-refractivity contribution in [3.63, 3.8) is 0 Å². The van der Waals surface area contributed by atoms with Crippen molar-refractivity contribution in [2.75, 3.05) is 0 Å². The summed E-state index contributed by atoms with van der Waals surface area (Å²) in [5.41, 5.74) is 0.894. The molecule has 0 aromatic heterocycles. The molecular weight excluding hydrogens is 279 g/mol. The second-order valence-electron chi connectivity index (χ2n) is 5.32. The molecule has 104 valence electrons. The van der Waals surface area contributed by atoms with Crippen LogP contribution >= 0.6 is 23.2 Å². The summed E-state index contributed by atoms with van der Waals surface area (Å²) in [6.45, 7) is 0. The Kier molecular flexibility index (Phi) is 5.75. The van der Waals surface area contributed by atoms with E-state index in [2.05, 4.69) is 0 Å². The van der Waals surface area contributed by atoms with E-state index < -0.39 is 0 Å². The molecule has 0 amide bonds. The monoisotopic (exact) mass is 298 g/mol. The molecule has 19 heavy (non-hydrogen) atoms. The first kappa shape index (κ1) is 14.9. The first-order chi connectivity index (χ1) is 9.15.